The Labute approximate surface area is 139 Å². The molecule has 23 heavy (non-hydrogen) atoms. The Kier molecular flexibility index (Phi) is 4.82. The summed E-state index contributed by atoms with van der Waals surface area (Å²) in [6.45, 7) is 2.02. The lowest BCUT2D eigenvalue weighted by Gasteiger charge is -2.29. The monoisotopic (exact) mass is 326 g/mol. The van der Waals surface area contributed by atoms with Gasteiger partial charge in [0.1, 0.15) is 5.76 Å². The van der Waals surface area contributed by atoms with Gasteiger partial charge in [-0.1, -0.05) is 37.3 Å². The molecule has 1 aliphatic carbocycles. The standard InChI is InChI=1S/C19H18O3S/c1-2-23-17-12-14(20)11-15(16-9-6-10-22-16)18(17)19(21)13-7-4-3-5-8-13/h3-10,12,15,18H,2,11H2,1H3/t15-,18+/m1/s1. The first-order valence-electron chi connectivity index (χ1n) is 7.70. The van der Waals surface area contributed by atoms with Crippen LogP contribution in [0, 0.1) is 5.92 Å². The van der Waals surface area contributed by atoms with Gasteiger partial charge in [0.25, 0.3) is 0 Å². The van der Waals surface area contributed by atoms with Crippen LogP contribution < -0.4 is 0 Å². The third kappa shape index (κ3) is 3.32. The van der Waals surface area contributed by atoms with Crippen LogP contribution in [-0.4, -0.2) is 17.3 Å². The molecule has 3 rings (SSSR count). The van der Waals surface area contributed by atoms with E-state index in [1.54, 1.807) is 30.2 Å². The van der Waals surface area contributed by atoms with Gasteiger partial charge in [0.15, 0.2) is 11.6 Å². The largest absolute Gasteiger partial charge is 0.469 e. The van der Waals surface area contributed by atoms with Gasteiger partial charge in [-0.2, -0.15) is 0 Å². The third-order valence-electron chi connectivity index (χ3n) is 3.99. The zero-order chi connectivity index (χ0) is 16.2. The number of thioether (sulfide) groups is 1. The molecule has 0 saturated heterocycles. The van der Waals surface area contributed by atoms with E-state index in [1.807, 2.05) is 43.3 Å². The van der Waals surface area contributed by atoms with Crippen molar-refractivity contribution in [3.63, 3.8) is 0 Å². The normalized spacial score (nSPS) is 21.1. The first-order valence-corrected chi connectivity index (χ1v) is 8.69. The van der Waals surface area contributed by atoms with Gasteiger partial charge in [-0.05, 0) is 28.9 Å². The number of hydrogen-bond donors (Lipinski definition) is 0. The van der Waals surface area contributed by atoms with Gasteiger partial charge in [-0.3, -0.25) is 9.59 Å². The van der Waals surface area contributed by atoms with E-state index in [0.717, 1.165) is 10.7 Å². The summed E-state index contributed by atoms with van der Waals surface area (Å²) in [6, 6.07) is 12.9. The van der Waals surface area contributed by atoms with Crippen molar-refractivity contribution in [2.75, 3.05) is 5.75 Å². The van der Waals surface area contributed by atoms with Crippen LogP contribution in [0.15, 0.2) is 64.1 Å². The number of rotatable bonds is 5. The van der Waals surface area contributed by atoms with Gasteiger partial charge in [-0.25, -0.2) is 0 Å². The fraction of sp³-hybridized carbons (Fsp3) is 0.263. The lowest BCUT2D eigenvalue weighted by atomic mass is 9.77. The summed E-state index contributed by atoms with van der Waals surface area (Å²) in [7, 11) is 0. The molecule has 1 aromatic carbocycles. The molecule has 118 valence electrons. The molecule has 0 amide bonds. The predicted octanol–water partition coefficient (Wildman–Crippen LogP) is 4.47. The van der Waals surface area contributed by atoms with E-state index in [4.69, 9.17) is 4.42 Å². The van der Waals surface area contributed by atoms with Crippen LogP contribution in [0.1, 0.15) is 35.4 Å². The Hall–Kier alpha value is -2.07. The highest BCUT2D eigenvalue weighted by Crippen LogP contribution is 2.43. The molecule has 1 aliphatic rings. The summed E-state index contributed by atoms with van der Waals surface area (Å²) >= 11 is 1.57. The summed E-state index contributed by atoms with van der Waals surface area (Å²) < 4.78 is 5.52. The first-order chi connectivity index (χ1) is 11.2. The van der Waals surface area contributed by atoms with Gasteiger partial charge in [-0.15, -0.1) is 11.8 Å². The second-order valence-electron chi connectivity index (χ2n) is 5.48. The minimum Gasteiger partial charge on any atom is -0.469 e. The van der Waals surface area contributed by atoms with Crippen LogP contribution in [0.2, 0.25) is 0 Å². The second kappa shape index (κ2) is 7.01. The first kappa shape index (κ1) is 15.8. The maximum atomic E-state index is 13.1. The summed E-state index contributed by atoms with van der Waals surface area (Å²) in [5.41, 5.74) is 0.672. The zero-order valence-electron chi connectivity index (χ0n) is 12.9. The molecule has 0 spiro atoms. The lowest BCUT2D eigenvalue weighted by Crippen LogP contribution is -2.29. The maximum absolute atomic E-state index is 13.1. The van der Waals surface area contributed by atoms with Crippen LogP contribution in [0.4, 0.5) is 0 Å². The highest BCUT2D eigenvalue weighted by molar-refractivity contribution is 8.03. The zero-order valence-corrected chi connectivity index (χ0v) is 13.7. The number of furan rings is 1. The van der Waals surface area contributed by atoms with Gasteiger partial charge in [0, 0.05) is 17.9 Å². The topological polar surface area (TPSA) is 47.3 Å². The minimum atomic E-state index is -0.355. The average Bonchev–Trinajstić information content (AvgIpc) is 3.09. The van der Waals surface area contributed by atoms with Crippen molar-refractivity contribution >= 4 is 23.3 Å². The molecule has 2 atom stereocenters. The molecule has 0 aliphatic heterocycles. The molecule has 1 heterocycles. The van der Waals surface area contributed by atoms with E-state index in [1.165, 1.54) is 0 Å². The highest BCUT2D eigenvalue weighted by Gasteiger charge is 2.39. The van der Waals surface area contributed by atoms with Crippen molar-refractivity contribution in [2.24, 2.45) is 5.92 Å². The average molecular weight is 326 g/mol. The quantitative estimate of drug-likeness (QED) is 0.761. The molecular weight excluding hydrogens is 308 g/mol. The molecule has 0 saturated carbocycles. The van der Waals surface area contributed by atoms with Crippen molar-refractivity contribution in [1.29, 1.82) is 0 Å². The number of allylic oxidation sites excluding steroid dienone is 2. The van der Waals surface area contributed by atoms with Crippen LogP contribution >= 0.6 is 11.8 Å². The Bertz CT molecular complexity index is 716. The number of carbonyl (C=O) groups excluding carboxylic acids is 2. The van der Waals surface area contributed by atoms with Gasteiger partial charge in [0.2, 0.25) is 0 Å². The Balaban J connectivity index is 2.03. The molecule has 2 aromatic rings. The SMILES string of the molecule is CCSC1=CC(=O)C[C@H](c2ccco2)[C@@H]1C(=O)c1ccccc1. The van der Waals surface area contributed by atoms with Crippen LogP contribution in [-0.2, 0) is 4.79 Å². The van der Waals surface area contributed by atoms with E-state index in [-0.39, 0.29) is 23.4 Å². The van der Waals surface area contributed by atoms with Gasteiger partial charge >= 0.3 is 0 Å². The summed E-state index contributed by atoms with van der Waals surface area (Å²) in [5, 5.41) is 0. The van der Waals surface area contributed by atoms with Crippen molar-refractivity contribution < 1.29 is 14.0 Å². The van der Waals surface area contributed by atoms with Crippen molar-refractivity contribution in [3.05, 3.63) is 71.0 Å². The molecular formula is C19H18O3S. The molecule has 3 nitrogen and oxygen atoms in total. The van der Waals surface area contributed by atoms with E-state index in [0.29, 0.717) is 17.7 Å². The van der Waals surface area contributed by atoms with Gasteiger partial charge < -0.3 is 4.42 Å². The summed E-state index contributed by atoms with van der Waals surface area (Å²) in [5.74, 6) is 1.04. The molecule has 0 unspecified atom stereocenters. The van der Waals surface area contributed by atoms with Crippen molar-refractivity contribution in [1.82, 2.24) is 0 Å². The number of ketones is 2. The summed E-state index contributed by atoms with van der Waals surface area (Å²) in [4.78, 5) is 26.1. The van der Waals surface area contributed by atoms with E-state index < -0.39 is 0 Å². The van der Waals surface area contributed by atoms with Crippen LogP contribution in [0.3, 0.4) is 0 Å². The van der Waals surface area contributed by atoms with Gasteiger partial charge in [0.05, 0.1) is 12.2 Å². The van der Waals surface area contributed by atoms with E-state index >= 15 is 0 Å². The number of benzene rings is 1. The van der Waals surface area contributed by atoms with Crippen molar-refractivity contribution in [3.8, 4) is 0 Å². The predicted molar refractivity (Wildman–Crippen MR) is 91.6 cm³/mol. The number of hydrogen-bond acceptors (Lipinski definition) is 4. The van der Waals surface area contributed by atoms with Crippen LogP contribution in [0.25, 0.3) is 0 Å². The molecule has 0 bridgehead atoms. The number of Topliss-reactive ketones (excluding diaryl/α,β-unsaturated/α-hetero) is 1. The molecule has 1 aromatic heterocycles. The molecule has 0 radical (unpaired) electrons. The lowest BCUT2D eigenvalue weighted by molar-refractivity contribution is -0.115. The molecule has 0 N–H and O–H groups in total. The Morgan fingerprint density at radius 1 is 1.22 bits per heavy atom. The fourth-order valence-electron chi connectivity index (χ4n) is 3.00. The van der Waals surface area contributed by atoms with E-state index in [9.17, 15) is 9.59 Å². The smallest absolute Gasteiger partial charge is 0.171 e. The third-order valence-corrected chi connectivity index (χ3v) is 4.99. The van der Waals surface area contributed by atoms with Crippen LogP contribution in [0.5, 0.6) is 0 Å². The fourth-order valence-corrected chi connectivity index (χ4v) is 4.00. The molecule has 4 heteroatoms. The molecule has 0 fully saturated rings. The highest BCUT2D eigenvalue weighted by atomic mass is 32.2. The Morgan fingerprint density at radius 3 is 2.65 bits per heavy atom. The maximum Gasteiger partial charge on any atom is 0.171 e. The summed E-state index contributed by atoms with van der Waals surface area (Å²) in [6.07, 6.45) is 3.54. The number of carbonyl (C=O) groups is 2. The van der Waals surface area contributed by atoms with Crippen molar-refractivity contribution in [2.45, 2.75) is 19.3 Å². The Morgan fingerprint density at radius 2 is 2.00 bits per heavy atom. The second-order valence-corrected chi connectivity index (χ2v) is 6.82. The van der Waals surface area contributed by atoms with E-state index in [2.05, 4.69) is 0 Å². The minimum absolute atomic E-state index is 0.0479.